The Kier molecular flexibility index (Phi) is 10.3. The summed E-state index contributed by atoms with van der Waals surface area (Å²) < 4.78 is 91.0. The second-order valence-electron chi connectivity index (χ2n) is 11.2. The first-order valence-electron chi connectivity index (χ1n) is 13.9. The molecule has 1 saturated heterocycles. The van der Waals surface area contributed by atoms with E-state index in [9.17, 15) is 22.0 Å². The first-order valence-corrected chi connectivity index (χ1v) is 13.9. The average molecular weight is 547 g/mol. The number of hydrogen-bond acceptors (Lipinski definition) is 4. The Balaban J connectivity index is 1.16. The minimum absolute atomic E-state index is 0.0286. The molecule has 0 radical (unpaired) electrons. The summed E-state index contributed by atoms with van der Waals surface area (Å²) in [5.41, 5.74) is 0. The van der Waals surface area contributed by atoms with Crippen molar-refractivity contribution >= 4 is 0 Å². The minimum Gasteiger partial charge on any atom is -0.460 e. The van der Waals surface area contributed by atoms with Gasteiger partial charge in [0, 0.05) is 24.8 Å². The third kappa shape index (κ3) is 8.07. The summed E-state index contributed by atoms with van der Waals surface area (Å²) in [5.74, 6) is -1.20. The summed E-state index contributed by atoms with van der Waals surface area (Å²) >= 11 is 0. The highest BCUT2D eigenvalue weighted by Gasteiger charge is 2.44. The van der Waals surface area contributed by atoms with Crippen LogP contribution in [-0.2, 0) is 9.47 Å². The van der Waals surface area contributed by atoms with E-state index in [2.05, 4.69) is 11.7 Å². The van der Waals surface area contributed by atoms with E-state index in [1.165, 1.54) is 31.8 Å². The largest absolute Gasteiger partial charge is 0.460 e. The zero-order chi connectivity index (χ0) is 27.1. The highest BCUT2D eigenvalue weighted by atomic mass is 19.3. The van der Waals surface area contributed by atoms with Gasteiger partial charge in [0.2, 0.25) is 6.86 Å². The Morgan fingerprint density at radius 3 is 2.32 bits per heavy atom. The van der Waals surface area contributed by atoms with Crippen LogP contribution in [-0.4, -0.2) is 32.5 Å². The van der Waals surface area contributed by atoms with Crippen LogP contribution in [0.15, 0.2) is 30.1 Å². The first kappa shape index (κ1) is 29.1. The summed E-state index contributed by atoms with van der Waals surface area (Å²) in [6.45, 7) is 2.38. The maximum absolute atomic E-state index is 14.7. The summed E-state index contributed by atoms with van der Waals surface area (Å²) in [4.78, 5) is 0. The fourth-order valence-electron chi connectivity index (χ4n) is 5.97. The van der Waals surface area contributed by atoms with E-state index in [0.717, 1.165) is 24.1 Å². The van der Waals surface area contributed by atoms with E-state index in [-0.39, 0.29) is 42.5 Å². The van der Waals surface area contributed by atoms with Gasteiger partial charge in [0.1, 0.15) is 5.75 Å². The number of allylic oxidation sites excluding steroid dienone is 1. The van der Waals surface area contributed by atoms with Gasteiger partial charge in [-0.1, -0.05) is 19.8 Å². The van der Waals surface area contributed by atoms with E-state index in [0.29, 0.717) is 44.3 Å². The van der Waals surface area contributed by atoms with Gasteiger partial charge in [-0.05, 0) is 74.5 Å². The second-order valence-corrected chi connectivity index (χ2v) is 11.2. The predicted molar refractivity (Wildman–Crippen MR) is 133 cm³/mol. The molecule has 3 fully saturated rings. The van der Waals surface area contributed by atoms with Crippen molar-refractivity contribution < 1.29 is 40.9 Å². The number of alkyl halides is 3. The van der Waals surface area contributed by atoms with Gasteiger partial charge in [-0.25, -0.2) is 13.2 Å². The molecule has 38 heavy (non-hydrogen) atoms. The number of benzene rings is 1. The molecule has 0 atom stereocenters. The molecule has 1 aromatic rings. The molecule has 0 spiro atoms. The predicted octanol–water partition coefficient (Wildman–Crippen LogP) is 8.36. The van der Waals surface area contributed by atoms with Crippen LogP contribution in [0, 0.1) is 35.4 Å². The SMILES string of the molecule is CC1CCC(C2COC(C/C=C(/F)CC3CCC(C(F)(F)Oc4ccc(OCF)c(F)c4)CC3)OC2)CC1. The molecule has 9 heteroatoms. The van der Waals surface area contributed by atoms with E-state index >= 15 is 0 Å². The molecule has 2 aliphatic carbocycles. The van der Waals surface area contributed by atoms with Crippen molar-refractivity contribution in [2.45, 2.75) is 83.5 Å². The van der Waals surface area contributed by atoms with Crippen LogP contribution < -0.4 is 9.47 Å². The van der Waals surface area contributed by atoms with Crippen molar-refractivity contribution in [1.29, 1.82) is 0 Å². The van der Waals surface area contributed by atoms with E-state index in [4.69, 9.17) is 14.2 Å². The van der Waals surface area contributed by atoms with Crippen molar-refractivity contribution in [3.63, 3.8) is 0 Å². The van der Waals surface area contributed by atoms with Crippen LogP contribution in [0.3, 0.4) is 0 Å². The van der Waals surface area contributed by atoms with Gasteiger partial charge in [0.05, 0.1) is 25.0 Å². The fourth-order valence-corrected chi connectivity index (χ4v) is 5.97. The average Bonchev–Trinajstić information content (AvgIpc) is 2.90. The Hall–Kier alpha value is -1.87. The molecule has 1 aliphatic heterocycles. The molecular formula is C29H39F5O4. The van der Waals surface area contributed by atoms with Crippen molar-refractivity contribution in [2.75, 3.05) is 20.1 Å². The number of rotatable bonds is 10. The molecule has 1 aromatic carbocycles. The Bertz CT molecular complexity index is 902. The normalized spacial score (nSPS) is 31.2. The van der Waals surface area contributed by atoms with Crippen LogP contribution >= 0.6 is 0 Å². The van der Waals surface area contributed by atoms with E-state index in [1.54, 1.807) is 0 Å². The summed E-state index contributed by atoms with van der Waals surface area (Å²) in [6, 6.07) is 2.91. The highest BCUT2D eigenvalue weighted by molar-refractivity contribution is 5.33. The quantitative estimate of drug-likeness (QED) is 0.276. The van der Waals surface area contributed by atoms with Gasteiger partial charge in [-0.15, -0.1) is 0 Å². The third-order valence-corrected chi connectivity index (χ3v) is 8.42. The van der Waals surface area contributed by atoms with Gasteiger partial charge in [0.25, 0.3) is 0 Å². The molecule has 0 unspecified atom stereocenters. The van der Waals surface area contributed by atoms with Crippen LogP contribution in [0.25, 0.3) is 0 Å². The summed E-state index contributed by atoms with van der Waals surface area (Å²) in [7, 11) is 0. The second kappa shape index (κ2) is 13.5. The van der Waals surface area contributed by atoms with Gasteiger partial charge in [0.15, 0.2) is 17.9 Å². The van der Waals surface area contributed by atoms with Gasteiger partial charge < -0.3 is 18.9 Å². The molecule has 4 nitrogen and oxygen atoms in total. The Morgan fingerprint density at radius 1 is 1.00 bits per heavy atom. The van der Waals surface area contributed by atoms with Gasteiger partial charge in [-0.3, -0.25) is 0 Å². The molecule has 3 aliphatic rings. The number of hydrogen-bond donors (Lipinski definition) is 0. The molecule has 214 valence electrons. The minimum atomic E-state index is -3.50. The van der Waals surface area contributed by atoms with Crippen molar-refractivity contribution in [1.82, 2.24) is 0 Å². The van der Waals surface area contributed by atoms with E-state index in [1.807, 2.05) is 0 Å². The van der Waals surface area contributed by atoms with Crippen LogP contribution in [0.4, 0.5) is 22.0 Å². The van der Waals surface area contributed by atoms with Crippen LogP contribution in [0.1, 0.15) is 71.1 Å². The number of halogens is 5. The lowest BCUT2D eigenvalue weighted by molar-refractivity contribution is -0.223. The fraction of sp³-hybridized carbons (Fsp3) is 0.724. The zero-order valence-electron chi connectivity index (χ0n) is 22.0. The standard InChI is InChI=1S/C29H39F5O4/c1-19-2-6-21(7-3-19)22-16-35-28(36-17-22)13-10-24(31)14-20-4-8-23(9-5-20)29(33,34)38-25-11-12-27(37-18-30)26(32)15-25/h10-12,15,19-23,28H,2-9,13-14,16-18H2,1H3/b24-10+. The van der Waals surface area contributed by atoms with Crippen LogP contribution in [0.2, 0.25) is 0 Å². The first-order chi connectivity index (χ1) is 18.2. The highest BCUT2D eigenvalue weighted by Crippen LogP contribution is 2.42. The van der Waals surface area contributed by atoms with Crippen LogP contribution in [0.5, 0.6) is 11.5 Å². The van der Waals surface area contributed by atoms with Crippen molar-refractivity contribution in [3.05, 3.63) is 35.9 Å². The zero-order valence-corrected chi connectivity index (χ0v) is 22.0. The maximum atomic E-state index is 14.7. The molecule has 4 rings (SSSR count). The Labute approximate surface area is 221 Å². The molecular weight excluding hydrogens is 507 g/mol. The van der Waals surface area contributed by atoms with Gasteiger partial charge in [-0.2, -0.15) is 8.78 Å². The molecule has 1 heterocycles. The molecule has 0 bridgehead atoms. The topological polar surface area (TPSA) is 36.9 Å². The maximum Gasteiger partial charge on any atom is 0.400 e. The Morgan fingerprint density at radius 2 is 1.68 bits per heavy atom. The monoisotopic (exact) mass is 546 g/mol. The lowest BCUT2D eigenvalue weighted by atomic mass is 9.76. The molecule has 0 aromatic heterocycles. The van der Waals surface area contributed by atoms with Gasteiger partial charge >= 0.3 is 6.11 Å². The number of ether oxygens (including phenoxy) is 4. The lowest BCUT2D eigenvalue weighted by Crippen LogP contribution is -2.37. The van der Waals surface area contributed by atoms with E-state index < -0.39 is 31.0 Å². The molecule has 0 amide bonds. The molecule has 0 N–H and O–H groups in total. The molecule has 2 saturated carbocycles. The third-order valence-electron chi connectivity index (χ3n) is 8.42. The smallest absolute Gasteiger partial charge is 0.400 e. The lowest BCUT2D eigenvalue weighted by Gasteiger charge is -2.37. The van der Waals surface area contributed by atoms with Crippen molar-refractivity contribution in [2.24, 2.45) is 29.6 Å². The summed E-state index contributed by atoms with van der Waals surface area (Å²) in [5, 5.41) is 0. The summed E-state index contributed by atoms with van der Waals surface area (Å²) in [6.07, 6.45) is 4.31. The van der Waals surface area contributed by atoms with Crippen molar-refractivity contribution in [3.8, 4) is 11.5 Å².